The standard InChI is InChI=1S/2C7H6O4.Co/c2*8-5(9)7(6(10)11)3-1-2-4-7;/h2*1-4H,(H,8,9)(H,10,11);. The van der Waals surface area contributed by atoms with Gasteiger partial charge in [0.05, 0.1) is 0 Å². The Morgan fingerprint density at radius 2 is 0.696 bits per heavy atom. The molecule has 0 saturated carbocycles. The number of rotatable bonds is 4. The quantitative estimate of drug-likeness (QED) is 0.526. The molecule has 0 aromatic rings. The molecule has 2 aliphatic rings. The number of hydrogen-bond donors (Lipinski definition) is 4. The number of aliphatic carboxylic acids is 4. The van der Waals surface area contributed by atoms with Crippen molar-refractivity contribution in [3.05, 3.63) is 48.6 Å². The van der Waals surface area contributed by atoms with E-state index in [2.05, 4.69) is 0 Å². The molecule has 23 heavy (non-hydrogen) atoms. The molecule has 8 nitrogen and oxygen atoms in total. The van der Waals surface area contributed by atoms with Crippen LogP contribution >= 0.6 is 0 Å². The molecule has 0 amide bonds. The molecule has 2 rings (SSSR count). The Morgan fingerprint density at radius 3 is 0.783 bits per heavy atom. The van der Waals surface area contributed by atoms with Crippen molar-refractivity contribution in [2.45, 2.75) is 0 Å². The van der Waals surface area contributed by atoms with Crippen LogP contribution in [0.5, 0.6) is 0 Å². The molecule has 125 valence electrons. The average molecular weight is 367 g/mol. The third-order valence-corrected chi connectivity index (χ3v) is 3.07. The Labute approximate surface area is 140 Å². The monoisotopic (exact) mass is 367 g/mol. The van der Waals surface area contributed by atoms with Crippen LogP contribution in [-0.4, -0.2) is 44.3 Å². The molecule has 0 spiro atoms. The molecular weight excluding hydrogens is 355 g/mol. The largest absolute Gasteiger partial charge is 0.480 e. The van der Waals surface area contributed by atoms with Crippen molar-refractivity contribution in [2.75, 3.05) is 0 Å². The molecule has 0 bridgehead atoms. The smallest absolute Gasteiger partial charge is 0.328 e. The van der Waals surface area contributed by atoms with Crippen LogP contribution in [0.25, 0.3) is 0 Å². The zero-order valence-electron chi connectivity index (χ0n) is 11.4. The van der Waals surface area contributed by atoms with E-state index >= 15 is 0 Å². The van der Waals surface area contributed by atoms with Gasteiger partial charge >= 0.3 is 23.9 Å². The van der Waals surface area contributed by atoms with Crippen LogP contribution in [-0.2, 0) is 36.0 Å². The first-order valence-corrected chi connectivity index (χ1v) is 5.87. The Hall–Kier alpha value is -2.65. The number of allylic oxidation sites excluding steroid dienone is 4. The number of carboxylic acid groups (broad SMARTS) is 4. The normalized spacial score (nSPS) is 17.7. The summed E-state index contributed by atoms with van der Waals surface area (Å²) in [6.07, 6.45) is 10.2. The fourth-order valence-corrected chi connectivity index (χ4v) is 1.69. The summed E-state index contributed by atoms with van der Waals surface area (Å²) in [6.45, 7) is 0. The molecule has 0 saturated heterocycles. The topological polar surface area (TPSA) is 149 Å². The third-order valence-electron chi connectivity index (χ3n) is 3.07. The van der Waals surface area contributed by atoms with Crippen molar-refractivity contribution in [1.82, 2.24) is 0 Å². The zero-order chi connectivity index (χ0) is 17.0. The average Bonchev–Trinajstić information content (AvgIpc) is 3.10. The van der Waals surface area contributed by atoms with E-state index in [1.807, 2.05) is 0 Å². The predicted octanol–water partition coefficient (Wildman–Crippen LogP) is 0.533. The van der Waals surface area contributed by atoms with Crippen LogP contribution < -0.4 is 0 Å². The Bertz CT molecular complexity index is 529. The summed E-state index contributed by atoms with van der Waals surface area (Å²) in [4.78, 5) is 41.9. The van der Waals surface area contributed by atoms with Gasteiger partial charge in [-0.2, -0.15) is 0 Å². The van der Waals surface area contributed by atoms with E-state index in [0.717, 1.165) is 24.3 Å². The first-order chi connectivity index (χ1) is 10.2. The van der Waals surface area contributed by atoms with E-state index in [1.165, 1.54) is 24.3 Å². The van der Waals surface area contributed by atoms with Gasteiger partial charge in [0, 0.05) is 16.8 Å². The number of hydrogen-bond acceptors (Lipinski definition) is 4. The molecule has 0 aromatic carbocycles. The SMILES string of the molecule is O=C(O)C1(C(=O)O)C=CC=C1.O=C(O)C1(C(=O)O)C=CC=C1.[Co]. The summed E-state index contributed by atoms with van der Waals surface area (Å²) in [7, 11) is 0. The van der Waals surface area contributed by atoms with E-state index < -0.39 is 34.7 Å². The summed E-state index contributed by atoms with van der Waals surface area (Å²) in [6, 6.07) is 0. The minimum Gasteiger partial charge on any atom is -0.480 e. The molecule has 4 N–H and O–H groups in total. The predicted molar refractivity (Wildman–Crippen MR) is 72.0 cm³/mol. The van der Waals surface area contributed by atoms with Crippen LogP contribution in [0.4, 0.5) is 0 Å². The Morgan fingerprint density at radius 1 is 0.522 bits per heavy atom. The van der Waals surface area contributed by atoms with Crippen molar-refractivity contribution in [1.29, 1.82) is 0 Å². The first kappa shape index (κ1) is 20.3. The van der Waals surface area contributed by atoms with Crippen LogP contribution in [0, 0.1) is 10.8 Å². The van der Waals surface area contributed by atoms with E-state index in [0.29, 0.717) is 0 Å². The van der Waals surface area contributed by atoms with Gasteiger partial charge in [0.15, 0.2) is 0 Å². The summed E-state index contributed by atoms with van der Waals surface area (Å²) in [5.74, 6) is -5.46. The summed E-state index contributed by atoms with van der Waals surface area (Å²) < 4.78 is 0. The molecule has 0 atom stereocenters. The molecule has 0 aliphatic heterocycles. The van der Waals surface area contributed by atoms with E-state index in [1.54, 1.807) is 0 Å². The zero-order valence-corrected chi connectivity index (χ0v) is 12.4. The second-order valence-corrected chi connectivity index (χ2v) is 4.40. The second kappa shape index (κ2) is 7.56. The van der Waals surface area contributed by atoms with Crippen molar-refractivity contribution in [3.63, 3.8) is 0 Å². The van der Waals surface area contributed by atoms with Gasteiger partial charge in [-0.05, 0) is 0 Å². The Kier molecular flexibility index (Phi) is 6.69. The van der Waals surface area contributed by atoms with Gasteiger partial charge in [-0.25, -0.2) is 0 Å². The minimum absolute atomic E-state index is 0. The van der Waals surface area contributed by atoms with Crippen molar-refractivity contribution in [3.8, 4) is 0 Å². The molecule has 0 aromatic heterocycles. The first-order valence-electron chi connectivity index (χ1n) is 5.87. The second-order valence-electron chi connectivity index (χ2n) is 4.40. The van der Waals surface area contributed by atoms with Crippen molar-refractivity contribution >= 4 is 23.9 Å². The van der Waals surface area contributed by atoms with Gasteiger partial charge in [0.2, 0.25) is 10.8 Å². The maximum absolute atomic E-state index is 10.5. The fraction of sp³-hybridized carbons (Fsp3) is 0.143. The van der Waals surface area contributed by atoms with Gasteiger partial charge in [0.25, 0.3) is 0 Å². The number of carboxylic acids is 4. The molecular formula is C14H12CoO8. The van der Waals surface area contributed by atoms with Gasteiger partial charge in [-0.15, -0.1) is 0 Å². The molecule has 2 aliphatic carbocycles. The van der Waals surface area contributed by atoms with Crippen molar-refractivity contribution < 1.29 is 56.4 Å². The van der Waals surface area contributed by atoms with E-state index in [9.17, 15) is 19.2 Å². The van der Waals surface area contributed by atoms with Crippen molar-refractivity contribution in [2.24, 2.45) is 10.8 Å². The molecule has 9 heteroatoms. The fourth-order valence-electron chi connectivity index (χ4n) is 1.69. The van der Waals surface area contributed by atoms with Crippen LogP contribution in [0.15, 0.2) is 48.6 Å². The maximum atomic E-state index is 10.5. The third kappa shape index (κ3) is 3.76. The van der Waals surface area contributed by atoms with Gasteiger partial charge in [0.1, 0.15) is 0 Å². The van der Waals surface area contributed by atoms with Crippen LogP contribution in [0.1, 0.15) is 0 Å². The number of carbonyl (C=O) groups is 4. The maximum Gasteiger partial charge on any atom is 0.328 e. The van der Waals surface area contributed by atoms with Gasteiger partial charge in [-0.1, -0.05) is 48.6 Å². The van der Waals surface area contributed by atoms with Crippen LogP contribution in [0.3, 0.4) is 0 Å². The van der Waals surface area contributed by atoms with Crippen LogP contribution in [0.2, 0.25) is 0 Å². The van der Waals surface area contributed by atoms with Gasteiger partial charge < -0.3 is 20.4 Å². The summed E-state index contributed by atoms with van der Waals surface area (Å²) in [5.41, 5.74) is -3.67. The minimum atomic E-state index is -1.83. The molecule has 0 fully saturated rings. The van der Waals surface area contributed by atoms with E-state index in [-0.39, 0.29) is 16.8 Å². The molecule has 1 radical (unpaired) electrons. The van der Waals surface area contributed by atoms with Gasteiger partial charge in [-0.3, -0.25) is 19.2 Å². The summed E-state index contributed by atoms with van der Waals surface area (Å²) in [5, 5.41) is 34.2. The Balaban J connectivity index is 0.000000403. The molecule has 0 heterocycles. The van der Waals surface area contributed by atoms with E-state index in [4.69, 9.17) is 20.4 Å². The molecule has 0 unspecified atom stereocenters. The summed E-state index contributed by atoms with van der Waals surface area (Å²) >= 11 is 0.